The Hall–Kier alpha value is -4.08. The summed E-state index contributed by atoms with van der Waals surface area (Å²) in [6.07, 6.45) is 9.36. The normalized spacial score (nSPS) is 12.0. The van der Waals surface area contributed by atoms with Gasteiger partial charge >= 0.3 is 0 Å². The molecule has 1 aromatic heterocycles. The number of benzene rings is 3. The first-order valence-electron chi connectivity index (χ1n) is 14.5. The van der Waals surface area contributed by atoms with Gasteiger partial charge in [-0.3, -0.25) is 9.00 Å². The molecule has 226 valence electrons. The Kier molecular flexibility index (Phi) is 12.2. The van der Waals surface area contributed by atoms with Gasteiger partial charge in [-0.2, -0.15) is 0 Å². The molecule has 7 nitrogen and oxygen atoms in total. The van der Waals surface area contributed by atoms with Gasteiger partial charge in [0.2, 0.25) is 5.91 Å². The zero-order chi connectivity index (χ0) is 30.4. The molecule has 0 bridgehead atoms. The number of aromatic nitrogens is 2. The predicted octanol–water partition coefficient (Wildman–Crippen LogP) is 7.25. The van der Waals surface area contributed by atoms with Crippen molar-refractivity contribution in [3.63, 3.8) is 0 Å². The molecule has 0 aliphatic rings. The van der Waals surface area contributed by atoms with Crippen molar-refractivity contribution in [3.8, 4) is 16.9 Å². The van der Waals surface area contributed by atoms with Gasteiger partial charge in [0.25, 0.3) is 0 Å². The Morgan fingerprint density at radius 1 is 0.977 bits per heavy atom. The molecule has 9 heteroatoms. The highest BCUT2D eigenvalue weighted by Crippen LogP contribution is 2.25. The van der Waals surface area contributed by atoms with Crippen molar-refractivity contribution in [2.75, 3.05) is 25.1 Å². The quantitative estimate of drug-likeness (QED) is 0.108. The Morgan fingerprint density at radius 2 is 1.74 bits per heavy atom. The third kappa shape index (κ3) is 9.73. The molecule has 43 heavy (non-hydrogen) atoms. The van der Waals surface area contributed by atoms with Crippen LogP contribution in [0.15, 0.2) is 90.2 Å². The minimum atomic E-state index is -1.24. The molecular formula is C34H38FN3O4S. The standard InChI is InChI=1S/C34H38FN3O4S/c1-3-5-19-41-20-21-42-31-12-6-26(7-13-31)27-8-16-33(35)28(22-27)9-17-34(39)37-29-10-14-32(15-11-29)43(40)24-30-23-36-25-38(30)18-4-2/h6-17,22-23,25H,3-5,18-21,24H2,1-2H3,(H,37,39)/b17-9+/t43-/m0/s1. The summed E-state index contributed by atoms with van der Waals surface area (Å²) in [5.74, 6) is 0.275. The fourth-order valence-corrected chi connectivity index (χ4v) is 5.44. The molecule has 0 radical (unpaired) electrons. The van der Waals surface area contributed by atoms with E-state index in [0.717, 1.165) is 55.0 Å². The maximum Gasteiger partial charge on any atom is 0.248 e. The zero-order valence-electron chi connectivity index (χ0n) is 24.6. The SMILES string of the molecule is CCCCOCCOc1ccc(-c2ccc(F)c(/C=C/C(=O)Nc3ccc([S@@](=O)Cc4cncn4CCC)cc3)c2)cc1. The molecule has 0 aliphatic carbocycles. The lowest BCUT2D eigenvalue weighted by molar-refractivity contribution is -0.111. The van der Waals surface area contributed by atoms with Crippen LogP contribution in [0.2, 0.25) is 0 Å². The van der Waals surface area contributed by atoms with E-state index in [4.69, 9.17) is 9.47 Å². The molecule has 1 atom stereocenters. The Morgan fingerprint density at radius 3 is 2.49 bits per heavy atom. The fourth-order valence-electron chi connectivity index (χ4n) is 4.33. The van der Waals surface area contributed by atoms with Gasteiger partial charge in [-0.25, -0.2) is 9.37 Å². The third-order valence-electron chi connectivity index (χ3n) is 6.66. The minimum absolute atomic E-state index is 0.297. The number of anilines is 1. The predicted molar refractivity (Wildman–Crippen MR) is 170 cm³/mol. The van der Waals surface area contributed by atoms with Gasteiger partial charge in [0.1, 0.15) is 18.2 Å². The highest BCUT2D eigenvalue weighted by molar-refractivity contribution is 7.84. The van der Waals surface area contributed by atoms with Crippen LogP contribution in [0, 0.1) is 5.82 Å². The van der Waals surface area contributed by atoms with Crippen LogP contribution in [0.1, 0.15) is 44.4 Å². The first kappa shape index (κ1) is 31.8. The monoisotopic (exact) mass is 603 g/mol. The maximum atomic E-state index is 14.6. The van der Waals surface area contributed by atoms with Crippen molar-refractivity contribution in [2.24, 2.45) is 0 Å². The smallest absolute Gasteiger partial charge is 0.248 e. The summed E-state index contributed by atoms with van der Waals surface area (Å²) < 4.78 is 40.7. The average molecular weight is 604 g/mol. The second kappa shape index (κ2) is 16.5. The van der Waals surface area contributed by atoms with Crippen LogP contribution >= 0.6 is 0 Å². The molecule has 0 fully saturated rings. The second-order valence-corrected chi connectivity index (χ2v) is 11.4. The zero-order valence-corrected chi connectivity index (χ0v) is 25.4. The molecule has 3 aromatic carbocycles. The fraction of sp³-hybridized carbons (Fsp3) is 0.294. The number of nitrogens with one attached hydrogen (secondary N) is 1. The van der Waals surface area contributed by atoms with Crippen molar-refractivity contribution in [2.45, 2.75) is 50.3 Å². The van der Waals surface area contributed by atoms with Crippen LogP contribution in [0.4, 0.5) is 10.1 Å². The molecule has 0 spiro atoms. The third-order valence-corrected chi connectivity index (χ3v) is 8.02. The molecule has 0 saturated heterocycles. The van der Waals surface area contributed by atoms with E-state index in [1.807, 2.05) is 28.8 Å². The molecule has 1 heterocycles. The second-order valence-electron chi connectivity index (χ2n) is 9.99. The molecule has 4 rings (SSSR count). The summed E-state index contributed by atoms with van der Waals surface area (Å²) in [5.41, 5.74) is 3.49. The van der Waals surface area contributed by atoms with E-state index >= 15 is 0 Å². The van der Waals surface area contributed by atoms with Crippen molar-refractivity contribution in [1.82, 2.24) is 9.55 Å². The van der Waals surface area contributed by atoms with Crippen LogP contribution in [0.25, 0.3) is 17.2 Å². The van der Waals surface area contributed by atoms with Gasteiger partial charge < -0.3 is 19.4 Å². The minimum Gasteiger partial charge on any atom is -0.491 e. The van der Waals surface area contributed by atoms with Crippen LogP contribution in [-0.2, 0) is 32.6 Å². The van der Waals surface area contributed by atoms with Crippen LogP contribution in [-0.4, -0.2) is 39.5 Å². The number of hydrogen-bond acceptors (Lipinski definition) is 5. The van der Waals surface area contributed by atoms with Gasteiger partial charge in [0, 0.05) is 41.6 Å². The van der Waals surface area contributed by atoms with Crippen LogP contribution in [0.5, 0.6) is 5.75 Å². The van der Waals surface area contributed by atoms with Gasteiger partial charge in [0.15, 0.2) is 0 Å². The number of unbranched alkanes of at least 4 members (excludes halogenated alkanes) is 1. The topological polar surface area (TPSA) is 82.4 Å². The summed E-state index contributed by atoms with van der Waals surface area (Å²) in [6, 6.07) is 19.2. The number of rotatable bonds is 16. The largest absolute Gasteiger partial charge is 0.491 e. The summed E-state index contributed by atoms with van der Waals surface area (Å²) in [7, 11) is -1.24. The van der Waals surface area contributed by atoms with Crippen LogP contribution < -0.4 is 10.1 Å². The summed E-state index contributed by atoms with van der Waals surface area (Å²) >= 11 is 0. The summed E-state index contributed by atoms with van der Waals surface area (Å²) in [6.45, 7) is 6.80. The first-order chi connectivity index (χ1) is 21.0. The summed E-state index contributed by atoms with van der Waals surface area (Å²) in [4.78, 5) is 17.4. The Bertz CT molecular complexity index is 1520. The molecule has 4 aromatic rings. The summed E-state index contributed by atoms with van der Waals surface area (Å²) in [5, 5.41) is 2.77. The average Bonchev–Trinajstić information content (AvgIpc) is 3.45. The van der Waals surface area contributed by atoms with E-state index in [1.165, 1.54) is 18.2 Å². The van der Waals surface area contributed by atoms with E-state index in [2.05, 4.69) is 24.1 Å². The van der Waals surface area contributed by atoms with Gasteiger partial charge in [0.05, 0.1) is 35.2 Å². The van der Waals surface area contributed by atoms with E-state index in [1.54, 1.807) is 48.9 Å². The lowest BCUT2D eigenvalue weighted by Crippen LogP contribution is -2.08. The van der Waals surface area contributed by atoms with Crippen molar-refractivity contribution in [1.29, 1.82) is 0 Å². The van der Waals surface area contributed by atoms with E-state index < -0.39 is 22.5 Å². The Balaban J connectivity index is 1.31. The number of halogens is 1. The van der Waals surface area contributed by atoms with Crippen LogP contribution in [0.3, 0.4) is 0 Å². The lowest BCUT2D eigenvalue weighted by atomic mass is 10.0. The van der Waals surface area contributed by atoms with E-state index in [0.29, 0.717) is 35.1 Å². The van der Waals surface area contributed by atoms with Gasteiger partial charge in [-0.1, -0.05) is 38.5 Å². The molecular weight excluding hydrogens is 565 g/mol. The maximum absolute atomic E-state index is 14.6. The number of amides is 1. The Labute approximate surface area is 255 Å². The highest BCUT2D eigenvalue weighted by Gasteiger charge is 2.10. The number of carbonyl (C=O) groups excluding carboxylic acids is 1. The van der Waals surface area contributed by atoms with E-state index in [9.17, 15) is 13.4 Å². The number of nitrogens with zero attached hydrogens (tertiary/aromatic N) is 2. The van der Waals surface area contributed by atoms with Crippen molar-refractivity contribution >= 4 is 28.5 Å². The molecule has 1 amide bonds. The number of aryl methyl sites for hydroxylation is 1. The number of imidazole rings is 1. The van der Waals surface area contributed by atoms with E-state index in [-0.39, 0.29) is 0 Å². The molecule has 0 saturated carbocycles. The van der Waals surface area contributed by atoms with Crippen molar-refractivity contribution < 1.29 is 22.9 Å². The molecule has 0 aliphatic heterocycles. The molecule has 0 unspecified atom stereocenters. The lowest BCUT2D eigenvalue weighted by Gasteiger charge is -2.09. The van der Waals surface area contributed by atoms with Crippen molar-refractivity contribution in [3.05, 3.63) is 102 Å². The molecule has 1 N–H and O–H groups in total. The van der Waals surface area contributed by atoms with Gasteiger partial charge in [-0.15, -0.1) is 0 Å². The number of carbonyl (C=O) groups is 1. The highest BCUT2D eigenvalue weighted by atomic mass is 32.2. The number of ether oxygens (including phenoxy) is 2. The first-order valence-corrected chi connectivity index (χ1v) is 15.9. The van der Waals surface area contributed by atoms with Gasteiger partial charge in [-0.05, 0) is 78.6 Å². The number of hydrogen-bond donors (Lipinski definition) is 1.